The lowest BCUT2D eigenvalue weighted by atomic mass is 10.1. The van der Waals surface area contributed by atoms with Gasteiger partial charge in [-0.2, -0.15) is 0 Å². The van der Waals surface area contributed by atoms with E-state index >= 15 is 0 Å². The first-order valence-corrected chi connectivity index (χ1v) is 7.26. The SMILES string of the molecule is CCC(O)CCCOc1ccc(-c2ccccc2)cc1. The van der Waals surface area contributed by atoms with E-state index in [1.165, 1.54) is 11.1 Å². The van der Waals surface area contributed by atoms with Gasteiger partial charge in [0, 0.05) is 0 Å². The van der Waals surface area contributed by atoms with Gasteiger partial charge in [-0.3, -0.25) is 0 Å². The maximum atomic E-state index is 9.46. The molecule has 0 amide bonds. The highest BCUT2D eigenvalue weighted by molar-refractivity contribution is 5.63. The zero-order valence-electron chi connectivity index (χ0n) is 12.0. The summed E-state index contributed by atoms with van der Waals surface area (Å²) < 4.78 is 5.68. The molecule has 0 spiro atoms. The molecule has 0 aromatic heterocycles. The normalized spacial score (nSPS) is 12.1. The van der Waals surface area contributed by atoms with Crippen molar-refractivity contribution in [3.63, 3.8) is 0 Å². The third kappa shape index (κ3) is 4.39. The van der Waals surface area contributed by atoms with Gasteiger partial charge in [-0.15, -0.1) is 0 Å². The second-order valence-electron chi connectivity index (χ2n) is 4.94. The number of aliphatic hydroxyl groups is 1. The molecule has 106 valence electrons. The molecule has 0 aliphatic carbocycles. The van der Waals surface area contributed by atoms with E-state index in [9.17, 15) is 5.11 Å². The Bertz CT molecular complexity index is 491. The number of hydrogen-bond donors (Lipinski definition) is 1. The molecule has 1 atom stereocenters. The van der Waals surface area contributed by atoms with Crippen LogP contribution in [0.15, 0.2) is 54.6 Å². The zero-order chi connectivity index (χ0) is 14.2. The van der Waals surface area contributed by atoms with Crippen LogP contribution in [-0.2, 0) is 0 Å². The predicted octanol–water partition coefficient (Wildman–Crippen LogP) is 4.28. The molecular weight excluding hydrogens is 248 g/mol. The van der Waals surface area contributed by atoms with Crippen LogP contribution in [0.4, 0.5) is 0 Å². The minimum atomic E-state index is -0.195. The lowest BCUT2D eigenvalue weighted by molar-refractivity contribution is 0.149. The lowest BCUT2D eigenvalue weighted by Crippen LogP contribution is -2.07. The quantitative estimate of drug-likeness (QED) is 0.761. The third-order valence-corrected chi connectivity index (χ3v) is 3.38. The number of aliphatic hydroxyl groups excluding tert-OH is 1. The smallest absolute Gasteiger partial charge is 0.119 e. The second kappa shape index (κ2) is 7.71. The van der Waals surface area contributed by atoms with Crippen molar-refractivity contribution in [2.45, 2.75) is 32.3 Å². The highest BCUT2D eigenvalue weighted by atomic mass is 16.5. The Morgan fingerprint density at radius 3 is 2.25 bits per heavy atom. The van der Waals surface area contributed by atoms with Crippen LogP contribution in [-0.4, -0.2) is 17.8 Å². The van der Waals surface area contributed by atoms with Gasteiger partial charge in [-0.05, 0) is 42.5 Å². The van der Waals surface area contributed by atoms with Crippen LogP contribution >= 0.6 is 0 Å². The van der Waals surface area contributed by atoms with Crippen LogP contribution in [0.3, 0.4) is 0 Å². The van der Waals surface area contributed by atoms with E-state index in [-0.39, 0.29) is 6.10 Å². The van der Waals surface area contributed by atoms with Crippen LogP contribution < -0.4 is 4.74 Å². The average Bonchev–Trinajstić information content (AvgIpc) is 2.52. The Labute approximate surface area is 121 Å². The Hall–Kier alpha value is -1.80. The molecule has 0 aliphatic rings. The fourth-order valence-corrected chi connectivity index (χ4v) is 2.09. The van der Waals surface area contributed by atoms with Crippen LogP contribution in [0.2, 0.25) is 0 Å². The van der Waals surface area contributed by atoms with E-state index < -0.39 is 0 Å². The van der Waals surface area contributed by atoms with E-state index in [1.807, 2.05) is 37.3 Å². The van der Waals surface area contributed by atoms with Gasteiger partial charge in [0.1, 0.15) is 5.75 Å². The third-order valence-electron chi connectivity index (χ3n) is 3.38. The first kappa shape index (κ1) is 14.6. The fraction of sp³-hybridized carbons (Fsp3) is 0.333. The zero-order valence-corrected chi connectivity index (χ0v) is 12.0. The summed E-state index contributed by atoms with van der Waals surface area (Å²) in [6.45, 7) is 2.65. The summed E-state index contributed by atoms with van der Waals surface area (Å²) in [5, 5.41) is 9.46. The second-order valence-corrected chi connectivity index (χ2v) is 4.94. The predicted molar refractivity (Wildman–Crippen MR) is 82.9 cm³/mol. The van der Waals surface area contributed by atoms with Crippen LogP contribution in [0, 0.1) is 0 Å². The molecule has 2 nitrogen and oxygen atoms in total. The van der Waals surface area contributed by atoms with Crippen molar-refractivity contribution >= 4 is 0 Å². The van der Waals surface area contributed by atoms with Crippen molar-refractivity contribution in [1.82, 2.24) is 0 Å². The van der Waals surface area contributed by atoms with Crippen LogP contribution in [0.25, 0.3) is 11.1 Å². The van der Waals surface area contributed by atoms with Crippen molar-refractivity contribution in [3.8, 4) is 16.9 Å². The number of rotatable bonds is 7. The first-order valence-electron chi connectivity index (χ1n) is 7.26. The van der Waals surface area contributed by atoms with Gasteiger partial charge < -0.3 is 9.84 Å². The minimum absolute atomic E-state index is 0.195. The Kier molecular flexibility index (Phi) is 5.63. The van der Waals surface area contributed by atoms with Crippen LogP contribution in [0.5, 0.6) is 5.75 Å². The van der Waals surface area contributed by atoms with Gasteiger partial charge in [0.15, 0.2) is 0 Å². The van der Waals surface area contributed by atoms with Gasteiger partial charge >= 0.3 is 0 Å². The van der Waals surface area contributed by atoms with Crippen molar-refractivity contribution in [3.05, 3.63) is 54.6 Å². The molecule has 2 aromatic carbocycles. The van der Waals surface area contributed by atoms with Crippen molar-refractivity contribution in [2.24, 2.45) is 0 Å². The topological polar surface area (TPSA) is 29.5 Å². The number of ether oxygens (including phenoxy) is 1. The summed E-state index contributed by atoms with van der Waals surface area (Å²) in [7, 11) is 0. The summed E-state index contributed by atoms with van der Waals surface area (Å²) in [4.78, 5) is 0. The maximum Gasteiger partial charge on any atom is 0.119 e. The molecular formula is C18H22O2. The lowest BCUT2D eigenvalue weighted by Gasteiger charge is -2.09. The van der Waals surface area contributed by atoms with Gasteiger partial charge in [0.25, 0.3) is 0 Å². The molecule has 1 N–H and O–H groups in total. The summed E-state index contributed by atoms with van der Waals surface area (Å²) >= 11 is 0. The molecule has 2 heteroatoms. The average molecular weight is 270 g/mol. The Morgan fingerprint density at radius 2 is 1.60 bits per heavy atom. The summed E-state index contributed by atoms with van der Waals surface area (Å²) in [5.41, 5.74) is 2.41. The molecule has 20 heavy (non-hydrogen) atoms. The highest BCUT2D eigenvalue weighted by Gasteiger charge is 2.01. The number of hydrogen-bond acceptors (Lipinski definition) is 2. The molecule has 0 aliphatic heterocycles. The largest absolute Gasteiger partial charge is 0.494 e. The first-order chi connectivity index (χ1) is 9.79. The van der Waals surface area contributed by atoms with Gasteiger partial charge in [-0.25, -0.2) is 0 Å². The fourth-order valence-electron chi connectivity index (χ4n) is 2.09. The Balaban J connectivity index is 1.83. The number of benzene rings is 2. The van der Waals surface area contributed by atoms with Crippen molar-refractivity contribution in [2.75, 3.05) is 6.61 Å². The molecule has 0 saturated carbocycles. The van der Waals surface area contributed by atoms with E-state index in [0.717, 1.165) is 25.0 Å². The van der Waals surface area contributed by atoms with E-state index in [4.69, 9.17) is 4.74 Å². The summed E-state index contributed by atoms with van der Waals surface area (Å²) in [6, 6.07) is 18.4. The molecule has 2 aromatic rings. The molecule has 0 saturated heterocycles. The van der Waals surface area contributed by atoms with Gasteiger partial charge in [-0.1, -0.05) is 49.4 Å². The van der Waals surface area contributed by atoms with E-state index in [2.05, 4.69) is 24.3 Å². The minimum Gasteiger partial charge on any atom is -0.494 e. The molecule has 0 fully saturated rings. The van der Waals surface area contributed by atoms with E-state index in [0.29, 0.717) is 6.61 Å². The van der Waals surface area contributed by atoms with Gasteiger partial charge in [0.05, 0.1) is 12.7 Å². The van der Waals surface area contributed by atoms with Crippen molar-refractivity contribution < 1.29 is 9.84 Å². The van der Waals surface area contributed by atoms with Crippen LogP contribution in [0.1, 0.15) is 26.2 Å². The maximum absolute atomic E-state index is 9.46. The molecule has 0 heterocycles. The van der Waals surface area contributed by atoms with Gasteiger partial charge in [0.2, 0.25) is 0 Å². The molecule has 0 radical (unpaired) electrons. The molecule has 1 unspecified atom stereocenters. The summed E-state index contributed by atoms with van der Waals surface area (Å²) in [5.74, 6) is 0.885. The summed E-state index contributed by atoms with van der Waals surface area (Å²) in [6.07, 6.45) is 2.30. The molecule has 0 bridgehead atoms. The monoisotopic (exact) mass is 270 g/mol. The van der Waals surface area contributed by atoms with E-state index in [1.54, 1.807) is 0 Å². The standard InChI is InChI=1S/C18H22O2/c1-2-17(19)9-6-14-20-18-12-10-16(11-13-18)15-7-4-3-5-8-15/h3-5,7-8,10-13,17,19H,2,6,9,14H2,1H3. The highest BCUT2D eigenvalue weighted by Crippen LogP contribution is 2.22. The Morgan fingerprint density at radius 1 is 0.950 bits per heavy atom. The van der Waals surface area contributed by atoms with Crippen molar-refractivity contribution in [1.29, 1.82) is 0 Å². The molecule has 2 rings (SSSR count).